The average molecular weight is 388 g/mol. The second-order valence-electron chi connectivity index (χ2n) is 5.27. The Bertz CT molecular complexity index is 842. The van der Waals surface area contributed by atoms with Gasteiger partial charge in [-0.2, -0.15) is 0 Å². The monoisotopic (exact) mass is 388 g/mol. The van der Waals surface area contributed by atoms with Crippen LogP contribution in [0.15, 0.2) is 54.6 Å². The van der Waals surface area contributed by atoms with Gasteiger partial charge in [-0.3, -0.25) is 0 Å². The summed E-state index contributed by atoms with van der Waals surface area (Å²) < 4.78 is 13.1. The molecule has 0 aliphatic carbocycles. The van der Waals surface area contributed by atoms with Gasteiger partial charge in [-0.05, 0) is 76.2 Å². The lowest BCUT2D eigenvalue weighted by atomic mass is 10.1. The molecular formula is C18H13IO2. The lowest BCUT2D eigenvalue weighted by Crippen LogP contribution is -2.07. The highest BCUT2D eigenvalue weighted by Gasteiger charge is 2.25. The molecule has 0 aromatic heterocycles. The summed E-state index contributed by atoms with van der Waals surface area (Å²) in [5.74, 6) is 1.64. The fraction of sp³-hybridized carbons (Fsp3) is 0.111. The second kappa shape index (κ2) is 4.91. The molecule has 0 spiro atoms. The van der Waals surface area contributed by atoms with Crippen LogP contribution in [0, 0.1) is 10.5 Å². The van der Waals surface area contributed by atoms with Crippen molar-refractivity contribution in [3.8, 4) is 11.5 Å². The lowest BCUT2D eigenvalue weighted by Gasteiger charge is -2.11. The molecule has 21 heavy (non-hydrogen) atoms. The Labute approximate surface area is 136 Å². The third-order valence-electron chi connectivity index (χ3n) is 3.67. The van der Waals surface area contributed by atoms with Crippen LogP contribution < -0.4 is 9.47 Å². The van der Waals surface area contributed by atoms with Gasteiger partial charge in [0.2, 0.25) is 0 Å². The normalized spacial score (nSPS) is 16.4. The van der Waals surface area contributed by atoms with Gasteiger partial charge < -0.3 is 9.47 Å². The molecule has 0 radical (unpaired) electrons. The number of ether oxygens (including phenoxy) is 2. The minimum atomic E-state index is -0.356. The zero-order valence-corrected chi connectivity index (χ0v) is 13.6. The van der Waals surface area contributed by atoms with E-state index in [4.69, 9.17) is 9.47 Å². The Balaban J connectivity index is 1.70. The third kappa shape index (κ3) is 2.35. The van der Waals surface area contributed by atoms with Crippen molar-refractivity contribution in [1.29, 1.82) is 0 Å². The molecule has 0 amide bonds. The average Bonchev–Trinajstić information content (AvgIpc) is 2.89. The van der Waals surface area contributed by atoms with Crippen molar-refractivity contribution in [3.05, 3.63) is 69.3 Å². The standard InChI is InChI=1S/C18H13IO2/c1-11-2-7-16-17(8-11)21-18(20-16)14-4-3-13-10-15(19)6-5-12(13)9-14/h2-10,18H,1H3. The summed E-state index contributed by atoms with van der Waals surface area (Å²) in [4.78, 5) is 0. The van der Waals surface area contributed by atoms with Gasteiger partial charge in [0.15, 0.2) is 11.5 Å². The van der Waals surface area contributed by atoms with Crippen LogP contribution in [0.1, 0.15) is 17.4 Å². The summed E-state index contributed by atoms with van der Waals surface area (Å²) in [6.07, 6.45) is -0.356. The molecule has 0 fully saturated rings. The third-order valence-corrected chi connectivity index (χ3v) is 4.34. The molecule has 1 heterocycles. The lowest BCUT2D eigenvalue weighted by molar-refractivity contribution is 0.0488. The first-order chi connectivity index (χ1) is 10.2. The molecule has 0 bridgehead atoms. The predicted octanol–water partition coefficient (Wildman–Crippen LogP) is 5.22. The van der Waals surface area contributed by atoms with Crippen LogP contribution >= 0.6 is 22.6 Å². The van der Waals surface area contributed by atoms with Gasteiger partial charge >= 0.3 is 0 Å². The van der Waals surface area contributed by atoms with Gasteiger partial charge in [0.1, 0.15) is 0 Å². The Morgan fingerprint density at radius 3 is 2.48 bits per heavy atom. The van der Waals surface area contributed by atoms with E-state index >= 15 is 0 Å². The fourth-order valence-electron chi connectivity index (χ4n) is 2.58. The van der Waals surface area contributed by atoms with Gasteiger partial charge in [0.05, 0.1) is 0 Å². The van der Waals surface area contributed by atoms with Crippen LogP contribution in [0.2, 0.25) is 0 Å². The summed E-state index contributed by atoms with van der Waals surface area (Å²) in [6.45, 7) is 2.05. The van der Waals surface area contributed by atoms with Crippen LogP contribution in [0.3, 0.4) is 0 Å². The first-order valence-corrected chi connectivity index (χ1v) is 7.90. The minimum Gasteiger partial charge on any atom is -0.447 e. The molecule has 2 nitrogen and oxygen atoms in total. The van der Waals surface area contributed by atoms with Crippen molar-refractivity contribution in [3.63, 3.8) is 0 Å². The van der Waals surface area contributed by atoms with Crippen molar-refractivity contribution in [2.75, 3.05) is 0 Å². The van der Waals surface area contributed by atoms with Crippen molar-refractivity contribution in [2.24, 2.45) is 0 Å². The van der Waals surface area contributed by atoms with E-state index < -0.39 is 0 Å². The summed E-state index contributed by atoms with van der Waals surface area (Å²) in [5, 5.41) is 2.43. The van der Waals surface area contributed by atoms with Crippen molar-refractivity contribution in [2.45, 2.75) is 13.2 Å². The highest BCUT2D eigenvalue weighted by molar-refractivity contribution is 14.1. The number of hydrogen-bond acceptors (Lipinski definition) is 2. The summed E-state index contributed by atoms with van der Waals surface area (Å²) >= 11 is 2.33. The van der Waals surface area contributed by atoms with Gasteiger partial charge in [-0.25, -0.2) is 0 Å². The number of aryl methyl sites for hydroxylation is 1. The Morgan fingerprint density at radius 2 is 1.57 bits per heavy atom. The van der Waals surface area contributed by atoms with Crippen molar-refractivity contribution >= 4 is 33.4 Å². The number of fused-ring (bicyclic) bond motifs is 2. The number of halogens is 1. The van der Waals surface area contributed by atoms with E-state index in [1.165, 1.54) is 19.9 Å². The predicted molar refractivity (Wildman–Crippen MR) is 91.8 cm³/mol. The van der Waals surface area contributed by atoms with Crippen LogP contribution in [0.4, 0.5) is 0 Å². The highest BCUT2D eigenvalue weighted by Crippen LogP contribution is 2.41. The Morgan fingerprint density at radius 1 is 0.810 bits per heavy atom. The topological polar surface area (TPSA) is 18.5 Å². The van der Waals surface area contributed by atoms with E-state index in [9.17, 15) is 0 Å². The van der Waals surface area contributed by atoms with Crippen LogP contribution in [-0.4, -0.2) is 0 Å². The van der Waals surface area contributed by atoms with Crippen LogP contribution in [-0.2, 0) is 0 Å². The van der Waals surface area contributed by atoms with Gasteiger partial charge in [-0.1, -0.05) is 24.3 Å². The van der Waals surface area contributed by atoms with E-state index in [0.717, 1.165) is 17.1 Å². The number of benzene rings is 3. The van der Waals surface area contributed by atoms with Crippen LogP contribution in [0.5, 0.6) is 11.5 Å². The molecule has 104 valence electrons. The van der Waals surface area contributed by atoms with Gasteiger partial charge in [0, 0.05) is 9.13 Å². The summed E-state index contributed by atoms with van der Waals surface area (Å²) in [5.41, 5.74) is 2.21. The maximum Gasteiger partial charge on any atom is 0.267 e. The molecule has 3 heteroatoms. The SMILES string of the molecule is Cc1ccc2c(c1)OC(c1ccc3cc(I)ccc3c1)O2. The molecule has 1 atom stereocenters. The van der Waals surface area contributed by atoms with E-state index in [1.807, 2.05) is 18.2 Å². The molecule has 0 saturated heterocycles. The number of rotatable bonds is 1. The molecule has 1 aliphatic heterocycles. The van der Waals surface area contributed by atoms with Crippen molar-refractivity contribution < 1.29 is 9.47 Å². The van der Waals surface area contributed by atoms with Crippen LogP contribution in [0.25, 0.3) is 10.8 Å². The van der Waals surface area contributed by atoms with Gasteiger partial charge in [0.25, 0.3) is 6.29 Å². The number of hydrogen-bond donors (Lipinski definition) is 0. The smallest absolute Gasteiger partial charge is 0.267 e. The summed E-state index contributed by atoms with van der Waals surface area (Å²) in [7, 11) is 0. The second-order valence-corrected chi connectivity index (χ2v) is 6.51. The molecule has 3 aromatic rings. The quantitative estimate of drug-likeness (QED) is 0.532. The summed E-state index contributed by atoms with van der Waals surface area (Å²) in [6, 6.07) is 18.8. The maximum atomic E-state index is 5.92. The molecule has 1 aliphatic rings. The Kier molecular flexibility index (Phi) is 3.03. The van der Waals surface area contributed by atoms with Gasteiger partial charge in [-0.15, -0.1) is 0 Å². The van der Waals surface area contributed by atoms with E-state index in [1.54, 1.807) is 0 Å². The van der Waals surface area contributed by atoms with E-state index in [0.29, 0.717) is 0 Å². The maximum absolute atomic E-state index is 5.92. The fourth-order valence-corrected chi connectivity index (χ4v) is 3.09. The van der Waals surface area contributed by atoms with Crippen molar-refractivity contribution in [1.82, 2.24) is 0 Å². The molecule has 0 N–H and O–H groups in total. The molecule has 0 saturated carbocycles. The molecule has 3 aromatic carbocycles. The first-order valence-electron chi connectivity index (χ1n) is 6.82. The molecule has 4 rings (SSSR count). The molecule has 1 unspecified atom stereocenters. The van der Waals surface area contributed by atoms with E-state index in [-0.39, 0.29) is 6.29 Å². The zero-order valence-electron chi connectivity index (χ0n) is 11.5. The highest BCUT2D eigenvalue weighted by atomic mass is 127. The van der Waals surface area contributed by atoms with E-state index in [2.05, 4.69) is 65.9 Å². The zero-order chi connectivity index (χ0) is 14.4. The molecular weight excluding hydrogens is 375 g/mol. The largest absolute Gasteiger partial charge is 0.447 e. The minimum absolute atomic E-state index is 0.356. The first kappa shape index (κ1) is 13.0. The Hall–Kier alpha value is -1.75.